The summed E-state index contributed by atoms with van der Waals surface area (Å²) in [5, 5.41) is 16.5. The molecule has 6 heteroatoms. The highest BCUT2D eigenvalue weighted by Crippen LogP contribution is 2.29. The fourth-order valence-corrected chi connectivity index (χ4v) is 3.69. The van der Waals surface area contributed by atoms with Crippen LogP contribution in [0.4, 0.5) is 0 Å². The van der Waals surface area contributed by atoms with Crippen LogP contribution in [0.5, 0.6) is 0 Å². The predicted molar refractivity (Wildman–Crippen MR) is 91.1 cm³/mol. The number of hydrogen-bond donors (Lipinski definition) is 1. The summed E-state index contributed by atoms with van der Waals surface area (Å²) in [5.41, 5.74) is 3.85. The molecular formula is C17H19N3O2S. The van der Waals surface area contributed by atoms with Gasteiger partial charge < -0.3 is 5.11 Å². The smallest absolute Gasteiger partial charge is 0.303 e. The molecule has 0 aliphatic heterocycles. The lowest BCUT2D eigenvalue weighted by atomic mass is 10.0. The van der Waals surface area contributed by atoms with E-state index in [9.17, 15) is 4.79 Å². The maximum absolute atomic E-state index is 10.8. The summed E-state index contributed by atoms with van der Waals surface area (Å²) in [5.74, 6) is -0.786. The molecule has 0 bridgehead atoms. The Bertz CT molecular complexity index is 852. The Balaban J connectivity index is 2.06. The Morgan fingerprint density at radius 1 is 1.43 bits per heavy atom. The molecule has 23 heavy (non-hydrogen) atoms. The van der Waals surface area contributed by atoms with E-state index in [0.717, 1.165) is 27.9 Å². The van der Waals surface area contributed by atoms with E-state index in [4.69, 9.17) is 10.1 Å². The van der Waals surface area contributed by atoms with Crippen molar-refractivity contribution in [3.8, 4) is 0 Å². The van der Waals surface area contributed by atoms with E-state index in [1.807, 2.05) is 30.8 Å². The molecule has 3 aromatic heterocycles. The first kappa shape index (κ1) is 15.7. The molecule has 120 valence electrons. The predicted octanol–water partition coefficient (Wildman–Crippen LogP) is 3.74. The second-order valence-electron chi connectivity index (χ2n) is 5.71. The summed E-state index contributed by atoms with van der Waals surface area (Å²) < 4.78 is 1.95. The minimum atomic E-state index is -0.786. The highest BCUT2D eigenvalue weighted by molar-refractivity contribution is 7.10. The number of thiophene rings is 1. The van der Waals surface area contributed by atoms with Crippen molar-refractivity contribution < 1.29 is 9.90 Å². The van der Waals surface area contributed by atoms with E-state index in [1.165, 1.54) is 4.88 Å². The molecule has 0 fully saturated rings. The summed E-state index contributed by atoms with van der Waals surface area (Å²) in [7, 11) is 0. The number of nitrogens with zero attached hydrogens (tertiary/aromatic N) is 3. The third-order valence-corrected chi connectivity index (χ3v) is 5.29. The molecule has 0 spiro atoms. The molecule has 0 aliphatic rings. The highest BCUT2D eigenvalue weighted by atomic mass is 32.1. The molecule has 0 radical (unpaired) electrons. The van der Waals surface area contributed by atoms with Gasteiger partial charge in [-0.25, -0.2) is 9.67 Å². The zero-order valence-corrected chi connectivity index (χ0v) is 14.2. The fourth-order valence-electron chi connectivity index (χ4n) is 2.93. The van der Waals surface area contributed by atoms with Gasteiger partial charge in [-0.3, -0.25) is 4.79 Å². The second-order valence-corrected chi connectivity index (χ2v) is 6.69. The third-order valence-electron chi connectivity index (χ3n) is 4.25. The van der Waals surface area contributed by atoms with Crippen molar-refractivity contribution in [1.82, 2.24) is 14.8 Å². The Morgan fingerprint density at radius 3 is 2.87 bits per heavy atom. The van der Waals surface area contributed by atoms with E-state index < -0.39 is 5.97 Å². The summed E-state index contributed by atoms with van der Waals surface area (Å²) in [4.78, 5) is 16.8. The van der Waals surface area contributed by atoms with Crippen LogP contribution in [0, 0.1) is 13.8 Å². The standard InChI is InChI=1S/C17H19N3O2S/c1-10-13(6-7-16(21)22)11(2)19-17-14(10)9-18-20(17)12(3)15-5-4-8-23-15/h4-5,8-9,12H,6-7H2,1-3H3,(H,21,22). The van der Waals surface area contributed by atoms with Crippen LogP contribution in [-0.2, 0) is 11.2 Å². The van der Waals surface area contributed by atoms with Gasteiger partial charge in [0.2, 0.25) is 0 Å². The molecule has 0 saturated carbocycles. The van der Waals surface area contributed by atoms with Gasteiger partial charge in [-0.2, -0.15) is 5.10 Å². The molecule has 1 unspecified atom stereocenters. The summed E-state index contributed by atoms with van der Waals surface area (Å²) in [6, 6.07) is 4.27. The fraction of sp³-hybridized carbons (Fsp3) is 0.353. The number of hydrogen-bond acceptors (Lipinski definition) is 4. The van der Waals surface area contributed by atoms with Gasteiger partial charge in [-0.1, -0.05) is 6.07 Å². The number of rotatable bonds is 5. The van der Waals surface area contributed by atoms with Gasteiger partial charge in [0.1, 0.15) is 0 Å². The van der Waals surface area contributed by atoms with Gasteiger partial charge in [0.25, 0.3) is 0 Å². The van der Waals surface area contributed by atoms with E-state index >= 15 is 0 Å². The number of carboxylic acids is 1. The molecule has 3 rings (SSSR count). The van der Waals surface area contributed by atoms with Crippen LogP contribution < -0.4 is 0 Å². The van der Waals surface area contributed by atoms with Crippen LogP contribution >= 0.6 is 11.3 Å². The van der Waals surface area contributed by atoms with E-state index in [-0.39, 0.29) is 12.5 Å². The molecule has 1 atom stereocenters. The molecule has 0 aromatic carbocycles. The Labute approximate surface area is 138 Å². The van der Waals surface area contributed by atoms with E-state index in [1.54, 1.807) is 11.3 Å². The molecule has 3 heterocycles. The summed E-state index contributed by atoms with van der Waals surface area (Å²) in [6.45, 7) is 6.08. The van der Waals surface area contributed by atoms with Crippen molar-refractivity contribution in [3.05, 3.63) is 45.4 Å². The lowest BCUT2D eigenvalue weighted by Gasteiger charge is -2.14. The van der Waals surface area contributed by atoms with Crippen molar-refractivity contribution in [2.24, 2.45) is 0 Å². The molecule has 0 amide bonds. The topological polar surface area (TPSA) is 68.0 Å². The van der Waals surface area contributed by atoms with Gasteiger partial charge >= 0.3 is 5.97 Å². The Hall–Kier alpha value is -2.21. The van der Waals surface area contributed by atoms with Crippen LogP contribution in [0.25, 0.3) is 11.0 Å². The van der Waals surface area contributed by atoms with Crippen molar-refractivity contribution in [2.45, 2.75) is 39.7 Å². The SMILES string of the molecule is Cc1nc2c(cnn2C(C)c2cccs2)c(C)c1CCC(=O)O. The Morgan fingerprint density at radius 2 is 2.22 bits per heavy atom. The van der Waals surface area contributed by atoms with Gasteiger partial charge in [0.05, 0.1) is 12.2 Å². The maximum Gasteiger partial charge on any atom is 0.303 e. The monoisotopic (exact) mass is 329 g/mol. The molecular weight excluding hydrogens is 310 g/mol. The van der Waals surface area contributed by atoms with Crippen molar-refractivity contribution in [1.29, 1.82) is 0 Å². The first-order valence-electron chi connectivity index (χ1n) is 7.57. The number of aryl methyl sites for hydroxylation is 2. The molecule has 0 saturated heterocycles. The van der Waals surface area contributed by atoms with Crippen LogP contribution in [0.15, 0.2) is 23.7 Å². The van der Waals surface area contributed by atoms with Crippen LogP contribution in [0.2, 0.25) is 0 Å². The molecule has 3 aromatic rings. The number of aromatic nitrogens is 3. The van der Waals surface area contributed by atoms with Crippen molar-refractivity contribution in [3.63, 3.8) is 0 Å². The average Bonchev–Trinajstić information content (AvgIpc) is 3.15. The van der Waals surface area contributed by atoms with Gasteiger partial charge in [0.15, 0.2) is 5.65 Å². The minimum Gasteiger partial charge on any atom is -0.481 e. The quantitative estimate of drug-likeness (QED) is 0.774. The maximum atomic E-state index is 10.8. The number of aliphatic carboxylic acids is 1. The largest absolute Gasteiger partial charge is 0.481 e. The third kappa shape index (κ3) is 2.86. The minimum absolute atomic E-state index is 0.120. The van der Waals surface area contributed by atoms with E-state index in [2.05, 4.69) is 23.5 Å². The molecule has 1 N–H and O–H groups in total. The molecule has 0 aliphatic carbocycles. The van der Waals surface area contributed by atoms with Gasteiger partial charge in [-0.05, 0) is 49.8 Å². The number of carboxylic acid groups (broad SMARTS) is 1. The zero-order chi connectivity index (χ0) is 16.6. The number of carbonyl (C=O) groups is 1. The highest BCUT2D eigenvalue weighted by Gasteiger charge is 2.18. The van der Waals surface area contributed by atoms with E-state index in [0.29, 0.717) is 6.42 Å². The Kier molecular flexibility index (Phi) is 4.17. The van der Waals surface area contributed by atoms with Crippen LogP contribution in [0.3, 0.4) is 0 Å². The second kappa shape index (κ2) is 6.12. The van der Waals surface area contributed by atoms with Crippen molar-refractivity contribution >= 4 is 28.3 Å². The van der Waals surface area contributed by atoms with Crippen molar-refractivity contribution in [2.75, 3.05) is 0 Å². The lowest BCUT2D eigenvalue weighted by Crippen LogP contribution is -2.09. The van der Waals surface area contributed by atoms with Gasteiger partial charge in [-0.15, -0.1) is 11.3 Å². The normalized spacial score (nSPS) is 12.7. The van der Waals surface area contributed by atoms with Crippen LogP contribution in [-0.4, -0.2) is 25.8 Å². The first-order chi connectivity index (χ1) is 11.0. The number of pyridine rings is 1. The average molecular weight is 329 g/mol. The lowest BCUT2D eigenvalue weighted by molar-refractivity contribution is -0.136. The van der Waals surface area contributed by atoms with Gasteiger partial charge in [0, 0.05) is 22.4 Å². The summed E-state index contributed by atoms with van der Waals surface area (Å²) >= 11 is 1.71. The zero-order valence-electron chi connectivity index (χ0n) is 13.4. The molecule has 5 nitrogen and oxygen atoms in total. The first-order valence-corrected chi connectivity index (χ1v) is 8.45. The summed E-state index contributed by atoms with van der Waals surface area (Å²) in [6.07, 6.45) is 2.46. The van der Waals surface area contributed by atoms with Crippen LogP contribution in [0.1, 0.15) is 41.1 Å². The number of fused-ring (bicyclic) bond motifs is 1.